The van der Waals surface area contributed by atoms with Crippen LogP contribution >= 0.6 is 11.6 Å². The van der Waals surface area contributed by atoms with Gasteiger partial charge in [0.2, 0.25) is 0 Å². The quantitative estimate of drug-likeness (QED) is 0.930. The van der Waals surface area contributed by atoms with Crippen molar-refractivity contribution in [3.05, 3.63) is 29.0 Å². The number of halogens is 1. The van der Waals surface area contributed by atoms with Crippen LogP contribution in [0.1, 0.15) is 37.9 Å². The van der Waals surface area contributed by atoms with E-state index in [-0.39, 0.29) is 0 Å². The zero-order valence-corrected chi connectivity index (χ0v) is 12.1. The van der Waals surface area contributed by atoms with Crippen molar-refractivity contribution in [2.45, 2.75) is 38.6 Å². The molecule has 2 aromatic rings. The number of nitrogens with one attached hydrogen (secondary N) is 1. The molecule has 0 bridgehead atoms. The number of aromatic nitrogens is 2. The summed E-state index contributed by atoms with van der Waals surface area (Å²) in [7, 11) is 0. The molecule has 4 heteroatoms. The van der Waals surface area contributed by atoms with Crippen molar-refractivity contribution in [1.29, 1.82) is 0 Å². The zero-order chi connectivity index (χ0) is 13.2. The summed E-state index contributed by atoms with van der Waals surface area (Å²) in [5, 5.41) is 4.19. The van der Waals surface area contributed by atoms with Crippen LogP contribution in [-0.2, 0) is 6.54 Å². The summed E-state index contributed by atoms with van der Waals surface area (Å²) in [5.41, 5.74) is 2.26. The largest absolute Gasteiger partial charge is 0.328 e. The van der Waals surface area contributed by atoms with Crippen molar-refractivity contribution in [3.8, 4) is 0 Å². The Bertz CT molecular complexity index is 570. The Labute approximate surface area is 119 Å². The third kappa shape index (κ3) is 2.49. The standard InChI is InChI=1S/C15H20ClN3/c1-2-9-19-14-4-3-12(16)10-13(14)18-15(19)11-5-7-17-8-6-11/h3-4,10-11,17H,2,5-9H2,1H3. The predicted molar refractivity (Wildman–Crippen MR) is 79.9 cm³/mol. The number of piperidine rings is 1. The highest BCUT2D eigenvalue weighted by Crippen LogP contribution is 2.29. The lowest BCUT2D eigenvalue weighted by Crippen LogP contribution is -2.28. The van der Waals surface area contributed by atoms with E-state index < -0.39 is 0 Å². The average Bonchev–Trinajstić information content (AvgIpc) is 2.78. The maximum absolute atomic E-state index is 6.08. The first-order chi connectivity index (χ1) is 9.29. The summed E-state index contributed by atoms with van der Waals surface area (Å²) in [5.74, 6) is 1.83. The van der Waals surface area contributed by atoms with Gasteiger partial charge in [0.15, 0.2) is 0 Å². The average molecular weight is 278 g/mol. The molecule has 1 aromatic carbocycles. The monoisotopic (exact) mass is 277 g/mol. The maximum atomic E-state index is 6.08. The van der Waals surface area contributed by atoms with Crippen molar-refractivity contribution in [2.24, 2.45) is 0 Å². The lowest BCUT2D eigenvalue weighted by Gasteiger charge is -2.23. The molecule has 0 saturated carbocycles. The van der Waals surface area contributed by atoms with Gasteiger partial charge in [0.25, 0.3) is 0 Å². The summed E-state index contributed by atoms with van der Waals surface area (Å²) >= 11 is 6.08. The van der Waals surface area contributed by atoms with Crippen molar-refractivity contribution >= 4 is 22.6 Å². The van der Waals surface area contributed by atoms with Gasteiger partial charge in [-0.25, -0.2) is 4.98 Å². The molecule has 0 atom stereocenters. The highest BCUT2D eigenvalue weighted by atomic mass is 35.5. The maximum Gasteiger partial charge on any atom is 0.113 e. The molecule has 1 aliphatic rings. The van der Waals surface area contributed by atoms with Gasteiger partial charge in [0, 0.05) is 17.5 Å². The molecule has 3 nitrogen and oxygen atoms in total. The lowest BCUT2D eigenvalue weighted by molar-refractivity contribution is 0.431. The van der Waals surface area contributed by atoms with Crippen molar-refractivity contribution in [2.75, 3.05) is 13.1 Å². The zero-order valence-electron chi connectivity index (χ0n) is 11.3. The van der Waals surface area contributed by atoms with Crippen molar-refractivity contribution in [1.82, 2.24) is 14.9 Å². The molecule has 1 fully saturated rings. The lowest BCUT2D eigenvalue weighted by atomic mass is 9.97. The first-order valence-electron chi connectivity index (χ1n) is 7.16. The fourth-order valence-electron chi connectivity index (χ4n) is 2.97. The second-order valence-corrected chi connectivity index (χ2v) is 5.72. The topological polar surface area (TPSA) is 29.9 Å². The van der Waals surface area contributed by atoms with Gasteiger partial charge in [-0.2, -0.15) is 0 Å². The van der Waals surface area contributed by atoms with Crippen LogP contribution in [0, 0.1) is 0 Å². The molecule has 3 rings (SSSR count). The van der Waals surface area contributed by atoms with E-state index in [2.05, 4.69) is 22.9 Å². The van der Waals surface area contributed by atoms with Gasteiger partial charge in [-0.1, -0.05) is 18.5 Å². The molecule has 0 radical (unpaired) electrons. The molecule has 0 unspecified atom stereocenters. The van der Waals surface area contributed by atoms with Gasteiger partial charge in [0.05, 0.1) is 11.0 Å². The van der Waals surface area contributed by atoms with Crippen LogP contribution in [0.15, 0.2) is 18.2 Å². The van der Waals surface area contributed by atoms with Crippen LogP contribution in [0.5, 0.6) is 0 Å². The Morgan fingerprint density at radius 3 is 2.89 bits per heavy atom. The van der Waals surface area contributed by atoms with Crippen LogP contribution < -0.4 is 5.32 Å². The number of imidazole rings is 1. The highest BCUT2D eigenvalue weighted by Gasteiger charge is 2.21. The molecule has 1 N–H and O–H groups in total. The molecule has 2 heterocycles. The normalized spacial score (nSPS) is 17.2. The second kappa shape index (κ2) is 5.51. The van der Waals surface area contributed by atoms with E-state index in [9.17, 15) is 0 Å². The Balaban J connectivity index is 2.08. The first kappa shape index (κ1) is 12.9. The van der Waals surface area contributed by atoms with E-state index in [1.54, 1.807) is 0 Å². The number of benzene rings is 1. The molecule has 1 aromatic heterocycles. The number of nitrogens with zero attached hydrogens (tertiary/aromatic N) is 2. The smallest absolute Gasteiger partial charge is 0.113 e. The van der Waals surface area contributed by atoms with Gasteiger partial charge in [-0.3, -0.25) is 0 Å². The number of hydrogen-bond donors (Lipinski definition) is 1. The number of aryl methyl sites for hydroxylation is 1. The summed E-state index contributed by atoms with van der Waals surface area (Å²) in [6.45, 7) is 5.45. The molecular weight excluding hydrogens is 258 g/mol. The minimum Gasteiger partial charge on any atom is -0.328 e. The van der Waals surface area contributed by atoms with Gasteiger partial charge < -0.3 is 9.88 Å². The number of hydrogen-bond acceptors (Lipinski definition) is 2. The molecular formula is C15H20ClN3. The van der Waals surface area contributed by atoms with E-state index in [0.717, 1.165) is 36.6 Å². The van der Waals surface area contributed by atoms with Crippen LogP contribution in [0.3, 0.4) is 0 Å². The minimum atomic E-state index is 0.582. The first-order valence-corrected chi connectivity index (χ1v) is 7.54. The SMILES string of the molecule is CCCn1c(C2CCNCC2)nc2cc(Cl)ccc21. The van der Waals surface area contributed by atoms with E-state index >= 15 is 0 Å². The number of rotatable bonds is 3. The molecule has 102 valence electrons. The Kier molecular flexibility index (Phi) is 3.76. The highest BCUT2D eigenvalue weighted by molar-refractivity contribution is 6.31. The van der Waals surface area contributed by atoms with Crippen LogP contribution in [0.4, 0.5) is 0 Å². The molecule has 1 aliphatic heterocycles. The van der Waals surface area contributed by atoms with Gasteiger partial charge in [-0.15, -0.1) is 0 Å². The Morgan fingerprint density at radius 2 is 2.16 bits per heavy atom. The van der Waals surface area contributed by atoms with Crippen molar-refractivity contribution < 1.29 is 0 Å². The molecule has 0 amide bonds. The van der Waals surface area contributed by atoms with E-state index in [1.165, 1.54) is 24.2 Å². The van der Waals surface area contributed by atoms with Gasteiger partial charge in [0.1, 0.15) is 5.82 Å². The van der Waals surface area contributed by atoms with Crippen LogP contribution in [0.2, 0.25) is 5.02 Å². The molecule has 1 saturated heterocycles. The van der Waals surface area contributed by atoms with Gasteiger partial charge >= 0.3 is 0 Å². The fraction of sp³-hybridized carbons (Fsp3) is 0.533. The minimum absolute atomic E-state index is 0.582. The van der Waals surface area contributed by atoms with E-state index in [0.29, 0.717) is 5.92 Å². The number of fused-ring (bicyclic) bond motifs is 1. The Hall–Kier alpha value is -1.06. The van der Waals surface area contributed by atoms with E-state index in [4.69, 9.17) is 16.6 Å². The van der Waals surface area contributed by atoms with Crippen LogP contribution in [-0.4, -0.2) is 22.6 Å². The summed E-state index contributed by atoms with van der Waals surface area (Å²) in [6, 6.07) is 6.04. The summed E-state index contributed by atoms with van der Waals surface area (Å²) in [4.78, 5) is 4.87. The predicted octanol–water partition coefficient (Wildman–Crippen LogP) is 3.57. The Morgan fingerprint density at radius 1 is 1.37 bits per heavy atom. The molecule has 0 spiro atoms. The van der Waals surface area contributed by atoms with E-state index in [1.807, 2.05) is 12.1 Å². The summed E-state index contributed by atoms with van der Waals surface area (Å²) < 4.78 is 2.39. The second-order valence-electron chi connectivity index (χ2n) is 5.28. The molecule has 19 heavy (non-hydrogen) atoms. The van der Waals surface area contributed by atoms with Crippen LogP contribution in [0.25, 0.3) is 11.0 Å². The van der Waals surface area contributed by atoms with Gasteiger partial charge in [-0.05, 0) is 50.6 Å². The third-order valence-corrected chi connectivity index (χ3v) is 4.13. The summed E-state index contributed by atoms with van der Waals surface area (Å²) in [6.07, 6.45) is 3.49. The van der Waals surface area contributed by atoms with Crippen molar-refractivity contribution in [3.63, 3.8) is 0 Å². The fourth-order valence-corrected chi connectivity index (χ4v) is 3.14. The third-order valence-electron chi connectivity index (χ3n) is 3.89. The molecule has 0 aliphatic carbocycles.